The predicted octanol–water partition coefficient (Wildman–Crippen LogP) is -0.555. The molecule has 1 aliphatic heterocycles. The average molecular weight is 251 g/mol. The summed E-state index contributed by atoms with van der Waals surface area (Å²) >= 11 is 0. The summed E-state index contributed by atoms with van der Waals surface area (Å²) in [5.74, 6) is 0.0745. The van der Waals surface area contributed by atoms with Crippen molar-refractivity contribution in [3.05, 3.63) is 17.5 Å². The van der Waals surface area contributed by atoms with Gasteiger partial charge < -0.3 is 10.6 Å². The Morgan fingerprint density at radius 3 is 2.56 bits per heavy atom. The summed E-state index contributed by atoms with van der Waals surface area (Å²) in [7, 11) is 1.81. The number of piperazine rings is 1. The summed E-state index contributed by atoms with van der Waals surface area (Å²) in [6.07, 6.45) is 0. The van der Waals surface area contributed by atoms with Crippen molar-refractivity contribution in [2.75, 3.05) is 39.3 Å². The van der Waals surface area contributed by atoms with Crippen molar-refractivity contribution in [3.63, 3.8) is 0 Å². The molecule has 1 aromatic heterocycles. The van der Waals surface area contributed by atoms with Gasteiger partial charge in [0.05, 0.1) is 5.69 Å². The van der Waals surface area contributed by atoms with E-state index in [0.717, 1.165) is 38.4 Å². The van der Waals surface area contributed by atoms with Crippen molar-refractivity contribution in [3.8, 4) is 0 Å². The minimum atomic E-state index is 0.0745. The van der Waals surface area contributed by atoms with Crippen LogP contribution < -0.4 is 5.73 Å². The van der Waals surface area contributed by atoms with Gasteiger partial charge in [0, 0.05) is 46.3 Å². The van der Waals surface area contributed by atoms with Crippen LogP contribution in [0.4, 0.5) is 0 Å². The molecule has 6 nitrogen and oxygen atoms in total. The molecule has 2 N–H and O–H groups in total. The van der Waals surface area contributed by atoms with Gasteiger partial charge in [-0.1, -0.05) is 0 Å². The number of carbonyl (C=O) groups is 1. The number of hydrogen-bond donors (Lipinski definition) is 1. The second kappa shape index (κ2) is 5.49. The summed E-state index contributed by atoms with van der Waals surface area (Å²) < 4.78 is 1.66. The van der Waals surface area contributed by atoms with Gasteiger partial charge in [0.25, 0.3) is 5.91 Å². The highest BCUT2D eigenvalue weighted by Crippen LogP contribution is 2.09. The maximum atomic E-state index is 12.3. The number of nitrogens with two attached hydrogens (primary N) is 1. The molecule has 0 saturated carbocycles. The first-order chi connectivity index (χ1) is 8.61. The summed E-state index contributed by atoms with van der Waals surface area (Å²) in [4.78, 5) is 16.5. The molecule has 0 radical (unpaired) electrons. The molecule has 1 amide bonds. The molecule has 6 heteroatoms. The molecule has 2 rings (SSSR count). The van der Waals surface area contributed by atoms with E-state index in [1.54, 1.807) is 4.68 Å². The topological polar surface area (TPSA) is 67.4 Å². The first kappa shape index (κ1) is 13.0. The molecular weight excluding hydrogens is 230 g/mol. The van der Waals surface area contributed by atoms with Crippen molar-refractivity contribution >= 4 is 5.91 Å². The summed E-state index contributed by atoms with van der Waals surface area (Å²) in [5, 5.41) is 4.21. The van der Waals surface area contributed by atoms with E-state index in [-0.39, 0.29) is 5.91 Å². The van der Waals surface area contributed by atoms with E-state index in [1.807, 2.05) is 24.9 Å². The van der Waals surface area contributed by atoms with Crippen molar-refractivity contribution in [2.45, 2.75) is 6.92 Å². The summed E-state index contributed by atoms with van der Waals surface area (Å²) in [6.45, 7) is 6.82. The van der Waals surface area contributed by atoms with Gasteiger partial charge in [-0.05, 0) is 13.0 Å². The second-order valence-electron chi connectivity index (χ2n) is 4.72. The largest absolute Gasteiger partial charge is 0.335 e. The monoisotopic (exact) mass is 251 g/mol. The molecule has 0 aliphatic carbocycles. The van der Waals surface area contributed by atoms with Crippen LogP contribution in [0.1, 0.15) is 16.2 Å². The lowest BCUT2D eigenvalue weighted by Gasteiger charge is -2.34. The number of amides is 1. The fourth-order valence-electron chi connectivity index (χ4n) is 2.33. The van der Waals surface area contributed by atoms with E-state index in [2.05, 4.69) is 10.00 Å². The van der Waals surface area contributed by atoms with Gasteiger partial charge in [-0.25, -0.2) is 0 Å². The van der Waals surface area contributed by atoms with Crippen LogP contribution >= 0.6 is 0 Å². The molecule has 0 spiro atoms. The number of nitrogens with zero attached hydrogens (tertiary/aromatic N) is 4. The van der Waals surface area contributed by atoms with Crippen LogP contribution in [-0.4, -0.2) is 64.8 Å². The molecule has 18 heavy (non-hydrogen) atoms. The highest BCUT2D eigenvalue weighted by molar-refractivity contribution is 5.92. The number of aromatic nitrogens is 2. The molecule has 0 aromatic carbocycles. The Kier molecular flexibility index (Phi) is 3.98. The Morgan fingerprint density at radius 1 is 1.39 bits per heavy atom. The van der Waals surface area contributed by atoms with Gasteiger partial charge in [-0.2, -0.15) is 5.10 Å². The molecule has 1 aromatic rings. The molecule has 0 atom stereocenters. The number of hydrogen-bond acceptors (Lipinski definition) is 4. The molecule has 2 heterocycles. The van der Waals surface area contributed by atoms with E-state index in [4.69, 9.17) is 5.73 Å². The van der Waals surface area contributed by atoms with Gasteiger partial charge in [-0.15, -0.1) is 0 Å². The Morgan fingerprint density at radius 2 is 2.06 bits per heavy atom. The normalized spacial score (nSPS) is 17.2. The zero-order chi connectivity index (χ0) is 13.1. The smallest absolute Gasteiger partial charge is 0.272 e. The fourth-order valence-corrected chi connectivity index (χ4v) is 2.33. The Bertz CT molecular complexity index is 420. The third kappa shape index (κ3) is 2.70. The highest BCUT2D eigenvalue weighted by Gasteiger charge is 2.23. The zero-order valence-electron chi connectivity index (χ0n) is 11.1. The first-order valence-corrected chi connectivity index (χ1v) is 6.34. The number of aryl methyl sites for hydroxylation is 2. The molecule has 1 aliphatic rings. The van der Waals surface area contributed by atoms with Crippen molar-refractivity contribution in [1.82, 2.24) is 19.6 Å². The summed E-state index contributed by atoms with van der Waals surface area (Å²) in [6, 6.07) is 1.84. The lowest BCUT2D eigenvalue weighted by atomic mass is 10.2. The molecule has 100 valence electrons. The average Bonchev–Trinajstić information content (AvgIpc) is 2.69. The van der Waals surface area contributed by atoms with Gasteiger partial charge in [-0.3, -0.25) is 14.4 Å². The van der Waals surface area contributed by atoms with Gasteiger partial charge in [0.15, 0.2) is 0 Å². The van der Waals surface area contributed by atoms with E-state index in [1.165, 1.54) is 0 Å². The maximum Gasteiger partial charge on any atom is 0.272 e. The molecule has 0 unspecified atom stereocenters. The predicted molar refractivity (Wildman–Crippen MR) is 69.3 cm³/mol. The van der Waals surface area contributed by atoms with Gasteiger partial charge in [0.2, 0.25) is 0 Å². The third-order valence-electron chi connectivity index (χ3n) is 3.33. The van der Waals surface area contributed by atoms with E-state index in [9.17, 15) is 4.79 Å². The van der Waals surface area contributed by atoms with Crippen LogP contribution in [0.15, 0.2) is 6.07 Å². The fraction of sp³-hybridized carbons (Fsp3) is 0.667. The van der Waals surface area contributed by atoms with Crippen molar-refractivity contribution in [2.24, 2.45) is 12.8 Å². The number of carbonyl (C=O) groups excluding carboxylic acids is 1. The highest BCUT2D eigenvalue weighted by atomic mass is 16.2. The SMILES string of the molecule is Cc1cc(C(=O)N2CCN(CCN)CC2)n(C)n1. The lowest BCUT2D eigenvalue weighted by molar-refractivity contribution is 0.0630. The third-order valence-corrected chi connectivity index (χ3v) is 3.33. The Hall–Kier alpha value is -1.40. The molecule has 1 saturated heterocycles. The zero-order valence-corrected chi connectivity index (χ0v) is 11.1. The van der Waals surface area contributed by atoms with Gasteiger partial charge in [0.1, 0.15) is 5.69 Å². The van der Waals surface area contributed by atoms with Crippen LogP contribution in [0.5, 0.6) is 0 Å². The molecular formula is C12H21N5O. The van der Waals surface area contributed by atoms with Crippen LogP contribution in [-0.2, 0) is 7.05 Å². The van der Waals surface area contributed by atoms with Crippen LogP contribution in [0.3, 0.4) is 0 Å². The number of rotatable bonds is 3. The lowest BCUT2D eigenvalue weighted by Crippen LogP contribution is -2.50. The maximum absolute atomic E-state index is 12.3. The van der Waals surface area contributed by atoms with E-state index < -0.39 is 0 Å². The van der Waals surface area contributed by atoms with Crippen LogP contribution in [0, 0.1) is 6.92 Å². The molecule has 0 bridgehead atoms. The minimum Gasteiger partial charge on any atom is -0.335 e. The Labute approximate surface area is 107 Å². The minimum absolute atomic E-state index is 0.0745. The molecule has 1 fully saturated rings. The van der Waals surface area contributed by atoms with Crippen molar-refractivity contribution in [1.29, 1.82) is 0 Å². The standard InChI is InChI=1S/C12H21N5O/c1-10-9-11(15(2)14-10)12(18)17-7-5-16(4-3-13)6-8-17/h9H,3-8,13H2,1-2H3. The van der Waals surface area contributed by atoms with Crippen molar-refractivity contribution < 1.29 is 4.79 Å². The van der Waals surface area contributed by atoms with Gasteiger partial charge >= 0.3 is 0 Å². The van der Waals surface area contributed by atoms with E-state index in [0.29, 0.717) is 12.2 Å². The Balaban J connectivity index is 1.97. The first-order valence-electron chi connectivity index (χ1n) is 6.34. The van der Waals surface area contributed by atoms with Crippen LogP contribution in [0.25, 0.3) is 0 Å². The van der Waals surface area contributed by atoms with Crippen LogP contribution in [0.2, 0.25) is 0 Å². The quantitative estimate of drug-likeness (QED) is 0.782. The summed E-state index contributed by atoms with van der Waals surface area (Å²) in [5.41, 5.74) is 7.08. The van der Waals surface area contributed by atoms with E-state index >= 15 is 0 Å². The second-order valence-corrected chi connectivity index (χ2v) is 4.72.